The highest BCUT2D eigenvalue weighted by Gasteiger charge is 2.18. The molecule has 1 aromatic carbocycles. The van der Waals surface area contributed by atoms with Crippen molar-refractivity contribution in [3.63, 3.8) is 0 Å². The quantitative estimate of drug-likeness (QED) is 0.854. The topological polar surface area (TPSA) is 51.5 Å². The maximum Gasteiger partial charge on any atom is 0.258 e. The van der Waals surface area contributed by atoms with Crippen molar-refractivity contribution < 1.29 is 13.9 Å². The van der Waals surface area contributed by atoms with Gasteiger partial charge in [0, 0.05) is 11.5 Å². The standard InChI is InChI=1S/C17H19NO3S2/c1-12(15-3-2-8-20-15)18-16(19)11-21-14-6-4-13(5-7-14)17-22-9-10-23-17/h2-8,12,17H,9-11H2,1H3,(H,18,19)/t12-/m1/s1. The van der Waals surface area contributed by atoms with E-state index in [1.807, 2.05) is 48.6 Å². The van der Waals surface area contributed by atoms with Crippen LogP contribution < -0.4 is 10.1 Å². The summed E-state index contributed by atoms with van der Waals surface area (Å²) in [4.78, 5) is 11.9. The summed E-state index contributed by atoms with van der Waals surface area (Å²) in [5.74, 6) is 3.69. The van der Waals surface area contributed by atoms with Gasteiger partial charge in [0.05, 0.1) is 16.9 Å². The Morgan fingerprint density at radius 2 is 2.04 bits per heavy atom. The third kappa shape index (κ3) is 4.48. The molecule has 0 spiro atoms. The number of ether oxygens (including phenoxy) is 1. The van der Waals surface area contributed by atoms with E-state index in [0.29, 0.717) is 10.3 Å². The molecule has 6 heteroatoms. The number of carbonyl (C=O) groups is 1. The van der Waals surface area contributed by atoms with Crippen molar-refractivity contribution in [3.05, 3.63) is 54.0 Å². The fourth-order valence-corrected chi connectivity index (χ4v) is 5.17. The van der Waals surface area contributed by atoms with Crippen molar-refractivity contribution in [2.75, 3.05) is 18.1 Å². The number of rotatable bonds is 6. The molecule has 23 heavy (non-hydrogen) atoms. The van der Waals surface area contributed by atoms with Crippen molar-refractivity contribution in [1.82, 2.24) is 5.32 Å². The molecular formula is C17H19NO3S2. The Kier molecular flexibility index (Phi) is 5.56. The Morgan fingerprint density at radius 1 is 1.30 bits per heavy atom. The second kappa shape index (κ2) is 7.84. The van der Waals surface area contributed by atoms with Crippen LogP contribution >= 0.6 is 23.5 Å². The molecule has 3 rings (SSSR count). The fraction of sp³-hybridized carbons (Fsp3) is 0.353. The smallest absolute Gasteiger partial charge is 0.258 e. The van der Waals surface area contributed by atoms with Gasteiger partial charge in [0.2, 0.25) is 0 Å². The Hall–Kier alpha value is -1.53. The van der Waals surface area contributed by atoms with Crippen LogP contribution in [0.15, 0.2) is 47.1 Å². The highest BCUT2D eigenvalue weighted by molar-refractivity contribution is 8.19. The summed E-state index contributed by atoms with van der Waals surface area (Å²) in [6.07, 6.45) is 1.59. The van der Waals surface area contributed by atoms with Gasteiger partial charge in [0.15, 0.2) is 6.61 Å². The summed E-state index contributed by atoms with van der Waals surface area (Å²) < 4.78 is 11.3. The highest BCUT2D eigenvalue weighted by Crippen LogP contribution is 2.45. The van der Waals surface area contributed by atoms with Crippen molar-refractivity contribution in [2.24, 2.45) is 0 Å². The van der Waals surface area contributed by atoms with E-state index >= 15 is 0 Å². The fourth-order valence-electron chi connectivity index (χ4n) is 2.31. The summed E-state index contributed by atoms with van der Waals surface area (Å²) in [5.41, 5.74) is 1.31. The van der Waals surface area contributed by atoms with Gasteiger partial charge in [-0.3, -0.25) is 4.79 Å². The largest absolute Gasteiger partial charge is 0.484 e. The summed E-state index contributed by atoms with van der Waals surface area (Å²) in [5, 5.41) is 2.84. The number of thioether (sulfide) groups is 2. The van der Waals surface area contributed by atoms with Crippen molar-refractivity contribution >= 4 is 29.4 Å². The molecule has 1 saturated heterocycles. The molecule has 0 bridgehead atoms. The van der Waals surface area contributed by atoms with Crippen molar-refractivity contribution in [3.8, 4) is 5.75 Å². The van der Waals surface area contributed by atoms with Gasteiger partial charge in [0.25, 0.3) is 5.91 Å². The molecule has 2 aromatic rings. The van der Waals surface area contributed by atoms with Crippen molar-refractivity contribution in [2.45, 2.75) is 17.5 Å². The molecule has 0 aliphatic carbocycles. The zero-order valence-corrected chi connectivity index (χ0v) is 14.5. The Balaban J connectivity index is 1.47. The van der Waals surface area contributed by atoms with Gasteiger partial charge in [-0.05, 0) is 36.8 Å². The number of nitrogens with one attached hydrogen (secondary N) is 1. The molecule has 1 N–H and O–H groups in total. The SMILES string of the molecule is C[C@@H](NC(=O)COc1ccc(C2SCCS2)cc1)c1ccco1. The molecule has 1 atom stereocenters. The van der Waals surface area contributed by atoms with Gasteiger partial charge in [-0.15, -0.1) is 23.5 Å². The van der Waals surface area contributed by atoms with E-state index in [0.717, 1.165) is 5.76 Å². The van der Waals surface area contributed by atoms with Crippen LogP contribution in [0, 0.1) is 0 Å². The van der Waals surface area contributed by atoms with Crippen LogP contribution in [0.25, 0.3) is 0 Å². The number of amides is 1. The van der Waals surface area contributed by atoms with Crippen LogP contribution in [0.1, 0.15) is 28.9 Å². The Bertz CT molecular complexity index is 622. The van der Waals surface area contributed by atoms with E-state index in [2.05, 4.69) is 17.4 Å². The minimum atomic E-state index is -0.167. The lowest BCUT2D eigenvalue weighted by Crippen LogP contribution is -2.31. The number of furan rings is 1. The molecule has 0 saturated carbocycles. The molecule has 0 radical (unpaired) electrons. The van der Waals surface area contributed by atoms with Crippen LogP contribution in [0.5, 0.6) is 5.75 Å². The van der Waals surface area contributed by atoms with E-state index in [9.17, 15) is 4.79 Å². The monoisotopic (exact) mass is 349 g/mol. The average Bonchev–Trinajstić information content (AvgIpc) is 3.26. The molecule has 1 aromatic heterocycles. The molecule has 4 nitrogen and oxygen atoms in total. The van der Waals surface area contributed by atoms with Gasteiger partial charge in [-0.1, -0.05) is 12.1 Å². The molecule has 122 valence electrons. The summed E-state index contributed by atoms with van der Waals surface area (Å²) in [6.45, 7) is 1.87. The molecule has 1 aliphatic heterocycles. The van der Waals surface area contributed by atoms with E-state index in [-0.39, 0.29) is 18.6 Å². The van der Waals surface area contributed by atoms with E-state index < -0.39 is 0 Å². The highest BCUT2D eigenvalue weighted by atomic mass is 32.2. The first-order valence-electron chi connectivity index (χ1n) is 7.51. The van der Waals surface area contributed by atoms with Gasteiger partial charge in [-0.25, -0.2) is 0 Å². The van der Waals surface area contributed by atoms with Crippen LogP contribution in [-0.4, -0.2) is 24.0 Å². The van der Waals surface area contributed by atoms with E-state index in [1.165, 1.54) is 17.1 Å². The lowest BCUT2D eigenvalue weighted by molar-refractivity contribution is -0.123. The van der Waals surface area contributed by atoms with Gasteiger partial charge >= 0.3 is 0 Å². The lowest BCUT2D eigenvalue weighted by atomic mass is 10.2. The van der Waals surface area contributed by atoms with E-state index in [4.69, 9.17) is 9.15 Å². The Labute approximate surface area is 144 Å². The lowest BCUT2D eigenvalue weighted by Gasteiger charge is -2.13. The maximum absolute atomic E-state index is 11.9. The second-order valence-electron chi connectivity index (χ2n) is 5.24. The summed E-state index contributed by atoms with van der Waals surface area (Å²) in [7, 11) is 0. The summed E-state index contributed by atoms with van der Waals surface area (Å²) in [6, 6.07) is 11.5. The Morgan fingerprint density at radius 3 is 2.70 bits per heavy atom. The average molecular weight is 349 g/mol. The number of benzene rings is 1. The van der Waals surface area contributed by atoms with Gasteiger partial charge < -0.3 is 14.5 Å². The van der Waals surface area contributed by atoms with Crippen LogP contribution in [0.4, 0.5) is 0 Å². The third-order valence-corrected chi connectivity index (χ3v) is 6.60. The van der Waals surface area contributed by atoms with Crippen molar-refractivity contribution in [1.29, 1.82) is 0 Å². The zero-order chi connectivity index (χ0) is 16.1. The molecular weight excluding hydrogens is 330 g/mol. The first-order chi connectivity index (χ1) is 11.2. The predicted octanol–water partition coefficient (Wildman–Crippen LogP) is 4.01. The van der Waals surface area contributed by atoms with Gasteiger partial charge in [0.1, 0.15) is 11.5 Å². The first kappa shape index (κ1) is 16.3. The molecule has 1 amide bonds. The minimum Gasteiger partial charge on any atom is -0.484 e. The summed E-state index contributed by atoms with van der Waals surface area (Å²) >= 11 is 3.95. The van der Waals surface area contributed by atoms with Crippen LogP contribution in [0.2, 0.25) is 0 Å². The molecule has 2 heterocycles. The maximum atomic E-state index is 11.9. The molecule has 0 unspecified atom stereocenters. The van der Waals surface area contributed by atoms with Gasteiger partial charge in [-0.2, -0.15) is 0 Å². The number of hydrogen-bond donors (Lipinski definition) is 1. The molecule has 1 aliphatic rings. The first-order valence-corrected chi connectivity index (χ1v) is 9.61. The third-order valence-electron chi connectivity index (χ3n) is 3.49. The molecule has 1 fully saturated rings. The second-order valence-corrected chi connectivity index (χ2v) is 7.96. The van der Waals surface area contributed by atoms with E-state index in [1.54, 1.807) is 12.3 Å². The predicted molar refractivity (Wildman–Crippen MR) is 94.9 cm³/mol. The van der Waals surface area contributed by atoms with Crippen LogP contribution in [0.3, 0.4) is 0 Å². The zero-order valence-electron chi connectivity index (χ0n) is 12.9. The number of hydrogen-bond acceptors (Lipinski definition) is 5. The van der Waals surface area contributed by atoms with Crippen LogP contribution in [-0.2, 0) is 4.79 Å². The normalized spacial score (nSPS) is 16.2. The number of carbonyl (C=O) groups excluding carboxylic acids is 1. The minimum absolute atomic E-state index is 0.00265.